The van der Waals surface area contributed by atoms with E-state index in [9.17, 15) is 0 Å². The summed E-state index contributed by atoms with van der Waals surface area (Å²) in [7, 11) is -1.91. The lowest BCUT2D eigenvalue weighted by Crippen LogP contribution is -2.11. The summed E-state index contributed by atoms with van der Waals surface area (Å²) >= 11 is 6.12. The predicted octanol–water partition coefficient (Wildman–Crippen LogP) is 3.22. The predicted molar refractivity (Wildman–Crippen MR) is 49.1 cm³/mol. The van der Waals surface area contributed by atoms with E-state index in [1.807, 2.05) is 0 Å². The van der Waals surface area contributed by atoms with Gasteiger partial charge in [-0.2, -0.15) is 9.05 Å². The van der Waals surface area contributed by atoms with Crippen LogP contribution in [0.3, 0.4) is 0 Å². The maximum Gasteiger partial charge on any atom is 0.371 e. The minimum Gasteiger partial charge on any atom is -0.188 e. The van der Waals surface area contributed by atoms with Gasteiger partial charge >= 0.3 is 7.07 Å². The first-order chi connectivity index (χ1) is 5.27. The Kier molecular flexibility index (Phi) is 4.08. The summed E-state index contributed by atoms with van der Waals surface area (Å²) in [5, 5.41) is 0. The van der Waals surface area contributed by atoms with E-state index in [1.165, 1.54) is 0 Å². The van der Waals surface area contributed by atoms with Crippen molar-refractivity contribution in [2.24, 2.45) is 0 Å². The highest BCUT2D eigenvalue weighted by Gasteiger charge is 2.42. The van der Waals surface area contributed by atoms with Crippen molar-refractivity contribution in [1.82, 2.24) is 0 Å². The second-order valence-electron chi connectivity index (χ2n) is 2.69. The minimum atomic E-state index is -1.91. The van der Waals surface area contributed by atoms with E-state index in [2.05, 4.69) is 6.92 Å². The lowest BCUT2D eigenvalue weighted by Gasteiger charge is -2.20. The summed E-state index contributed by atoms with van der Waals surface area (Å²) in [6.45, 7) is 3.70. The van der Waals surface area contributed by atoms with Gasteiger partial charge in [0.15, 0.2) is 11.2 Å². The zero-order chi connectivity index (χ0) is 8.16. The SMILES string of the molecule is CCCC[P+]1(Cl)OCCCO1. The quantitative estimate of drug-likeness (QED) is 0.647. The molecule has 1 rings (SSSR count). The van der Waals surface area contributed by atoms with Crippen LogP contribution in [0.15, 0.2) is 0 Å². The summed E-state index contributed by atoms with van der Waals surface area (Å²) in [6, 6.07) is 0. The average Bonchev–Trinajstić information content (AvgIpc) is 2.03. The standard InChI is InChI=1S/C7H15ClO2P/c1-2-3-7-11(8)9-5-4-6-10-11/h2-7H2,1H3/q+1. The van der Waals surface area contributed by atoms with Crippen molar-refractivity contribution in [2.45, 2.75) is 26.2 Å². The molecule has 1 heterocycles. The van der Waals surface area contributed by atoms with Gasteiger partial charge in [-0.3, -0.25) is 0 Å². The summed E-state index contributed by atoms with van der Waals surface area (Å²) in [5.74, 6) is 0. The molecule has 0 N–H and O–H groups in total. The average molecular weight is 198 g/mol. The third kappa shape index (κ3) is 3.25. The molecule has 1 aliphatic heterocycles. The Morgan fingerprint density at radius 2 is 2.00 bits per heavy atom. The van der Waals surface area contributed by atoms with E-state index in [-0.39, 0.29) is 0 Å². The van der Waals surface area contributed by atoms with Crippen molar-refractivity contribution in [3.63, 3.8) is 0 Å². The Morgan fingerprint density at radius 1 is 1.36 bits per heavy atom. The second-order valence-corrected chi connectivity index (χ2v) is 6.38. The molecule has 2 nitrogen and oxygen atoms in total. The van der Waals surface area contributed by atoms with Crippen LogP contribution in [-0.4, -0.2) is 19.4 Å². The molecule has 4 heteroatoms. The minimum absolute atomic E-state index is 0.779. The molecule has 1 aliphatic rings. The zero-order valence-corrected chi connectivity index (χ0v) is 8.53. The van der Waals surface area contributed by atoms with Crippen molar-refractivity contribution in [3.05, 3.63) is 0 Å². The van der Waals surface area contributed by atoms with Crippen LogP contribution in [0.4, 0.5) is 0 Å². The lowest BCUT2D eigenvalue weighted by molar-refractivity contribution is 0.175. The van der Waals surface area contributed by atoms with Crippen LogP contribution in [0.1, 0.15) is 26.2 Å². The second kappa shape index (κ2) is 4.61. The smallest absolute Gasteiger partial charge is 0.188 e. The highest BCUT2D eigenvalue weighted by atomic mass is 35.7. The molecule has 0 bridgehead atoms. The number of unbranched alkanes of at least 4 members (excludes halogenated alkanes) is 1. The van der Waals surface area contributed by atoms with Gasteiger partial charge in [0.05, 0.1) is 13.2 Å². The van der Waals surface area contributed by atoms with Gasteiger partial charge in [0.25, 0.3) is 0 Å². The molecule has 0 radical (unpaired) electrons. The first-order valence-electron chi connectivity index (χ1n) is 4.13. The summed E-state index contributed by atoms with van der Waals surface area (Å²) in [6.07, 6.45) is 4.16. The fraction of sp³-hybridized carbons (Fsp3) is 1.00. The third-order valence-corrected chi connectivity index (χ3v) is 4.71. The van der Waals surface area contributed by atoms with Crippen molar-refractivity contribution in [2.75, 3.05) is 19.4 Å². The molecule has 11 heavy (non-hydrogen) atoms. The van der Waals surface area contributed by atoms with Crippen molar-refractivity contribution >= 4 is 18.3 Å². The van der Waals surface area contributed by atoms with Crippen molar-refractivity contribution < 1.29 is 9.05 Å². The number of halogens is 1. The normalized spacial score (nSPS) is 23.5. The molecule has 0 aromatic heterocycles. The summed E-state index contributed by atoms with van der Waals surface area (Å²) in [4.78, 5) is 0. The van der Waals surface area contributed by atoms with Crippen LogP contribution in [0, 0.1) is 0 Å². The van der Waals surface area contributed by atoms with E-state index in [0.29, 0.717) is 0 Å². The molecule has 0 aliphatic carbocycles. The maximum atomic E-state index is 6.12. The Bertz CT molecular complexity index is 115. The molecular formula is C7H15ClO2P+. The lowest BCUT2D eigenvalue weighted by atomic mass is 10.4. The van der Waals surface area contributed by atoms with Crippen LogP contribution in [0.2, 0.25) is 0 Å². The first-order valence-corrected chi connectivity index (χ1v) is 6.85. The Morgan fingerprint density at radius 3 is 2.55 bits per heavy atom. The monoisotopic (exact) mass is 197 g/mol. The molecule has 0 spiro atoms. The van der Waals surface area contributed by atoms with Gasteiger partial charge in [0.1, 0.15) is 6.16 Å². The van der Waals surface area contributed by atoms with E-state index >= 15 is 0 Å². The van der Waals surface area contributed by atoms with Gasteiger partial charge in [0.2, 0.25) is 0 Å². The number of hydrogen-bond acceptors (Lipinski definition) is 2. The molecule has 0 atom stereocenters. The Balaban J connectivity index is 2.25. The summed E-state index contributed by atoms with van der Waals surface area (Å²) < 4.78 is 10.8. The molecule has 66 valence electrons. The van der Waals surface area contributed by atoms with Gasteiger partial charge in [-0.25, -0.2) is 0 Å². The largest absolute Gasteiger partial charge is 0.371 e. The third-order valence-electron chi connectivity index (χ3n) is 1.64. The first kappa shape index (κ1) is 9.73. The fourth-order valence-corrected chi connectivity index (χ4v) is 3.58. The van der Waals surface area contributed by atoms with Gasteiger partial charge in [-0.15, -0.1) is 0 Å². The molecule has 1 saturated heterocycles. The summed E-state index contributed by atoms with van der Waals surface area (Å²) in [5.41, 5.74) is 0. The molecule has 0 unspecified atom stereocenters. The molecule has 0 amide bonds. The zero-order valence-electron chi connectivity index (χ0n) is 6.88. The van der Waals surface area contributed by atoms with Crippen LogP contribution >= 0.6 is 18.3 Å². The molecule has 1 fully saturated rings. The van der Waals surface area contributed by atoms with E-state index in [1.54, 1.807) is 0 Å². The molecule has 0 aromatic carbocycles. The van der Waals surface area contributed by atoms with Crippen LogP contribution in [0.25, 0.3) is 0 Å². The molecule has 0 aromatic rings. The maximum absolute atomic E-state index is 6.12. The van der Waals surface area contributed by atoms with E-state index in [4.69, 9.17) is 20.3 Å². The topological polar surface area (TPSA) is 18.5 Å². The van der Waals surface area contributed by atoms with Gasteiger partial charge in [-0.1, -0.05) is 13.3 Å². The van der Waals surface area contributed by atoms with Gasteiger partial charge in [-0.05, 0) is 6.42 Å². The van der Waals surface area contributed by atoms with E-state index < -0.39 is 7.07 Å². The number of hydrogen-bond donors (Lipinski definition) is 0. The van der Waals surface area contributed by atoms with Crippen LogP contribution in [0.5, 0.6) is 0 Å². The molecule has 0 saturated carbocycles. The van der Waals surface area contributed by atoms with E-state index in [0.717, 1.165) is 38.6 Å². The van der Waals surface area contributed by atoms with Crippen LogP contribution in [-0.2, 0) is 9.05 Å². The Labute approximate surface area is 73.5 Å². The number of rotatable bonds is 3. The van der Waals surface area contributed by atoms with Gasteiger partial charge < -0.3 is 0 Å². The fourth-order valence-electron chi connectivity index (χ4n) is 0.974. The molecular weight excluding hydrogens is 183 g/mol. The van der Waals surface area contributed by atoms with Crippen molar-refractivity contribution in [3.8, 4) is 0 Å². The highest BCUT2D eigenvalue weighted by molar-refractivity contribution is 7.91. The van der Waals surface area contributed by atoms with Crippen molar-refractivity contribution in [1.29, 1.82) is 0 Å². The van der Waals surface area contributed by atoms with Crippen LogP contribution < -0.4 is 0 Å². The Hall–Kier alpha value is 0.640. The highest BCUT2D eigenvalue weighted by Crippen LogP contribution is 2.67. The van der Waals surface area contributed by atoms with Gasteiger partial charge in [0, 0.05) is 6.42 Å².